The molecule has 0 radical (unpaired) electrons. The smallest absolute Gasteiger partial charge is 0.337 e. The van der Waals surface area contributed by atoms with Crippen molar-refractivity contribution in [3.05, 3.63) is 65.7 Å². The van der Waals surface area contributed by atoms with Crippen molar-refractivity contribution in [3.63, 3.8) is 0 Å². The van der Waals surface area contributed by atoms with E-state index in [1.54, 1.807) is 19.2 Å². The highest BCUT2D eigenvalue weighted by Gasteiger charge is 2.07. The molecule has 0 saturated carbocycles. The Morgan fingerprint density at radius 2 is 1.79 bits per heavy atom. The number of aliphatic imine (C=N–C) groups is 1. The van der Waals surface area contributed by atoms with Crippen LogP contribution in [0.25, 0.3) is 0 Å². The summed E-state index contributed by atoms with van der Waals surface area (Å²) in [6.45, 7) is 2.05. The number of hydrogen-bond donors (Lipinski definition) is 1. The molecule has 6 nitrogen and oxygen atoms in total. The van der Waals surface area contributed by atoms with Crippen LogP contribution in [0.4, 0.5) is 0 Å². The lowest BCUT2D eigenvalue weighted by molar-refractivity contribution is 0.0600. The topological polar surface area (TPSA) is 63.2 Å². The second-order valence-corrected chi connectivity index (χ2v) is 6.00. The van der Waals surface area contributed by atoms with Gasteiger partial charge in [0.05, 0.1) is 19.2 Å². The van der Waals surface area contributed by atoms with E-state index in [0.717, 1.165) is 36.8 Å². The van der Waals surface area contributed by atoms with Gasteiger partial charge in [-0.2, -0.15) is 0 Å². The van der Waals surface area contributed by atoms with Gasteiger partial charge in [-0.25, -0.2) is 4.79 Å². The van der Waals surface area contributed by atoms with Crippen molar-refractivity contribution in [1.29, 1.82) is 0 Å². The number of esters is 1. The summed E-state index contributed by atoms with van der Waals surface area (Å²) in [7, 11) is 5.13. The van der Waals surface area contributed by atoms with Crippen molar-refractivity contribution < 1.29 is 14.3 Å². The maximum atomic E-state index is 11.5. The van der Waals surface area contributed by atoms with Crippen LogP contribution in [-0.2, 0) is 11.2 Å². The Morgan fingerprint density at radius 1 is 1.11 bits per heavy atom. The zero-order chi connectivity index (χ0) is 19.5. The predicted octanol–water partition coefficient (Wildman–Crippen LogP) is 3.22. The van der Waals surface area contributed by atoms with Crippen LogP contribution in [0.15, 0.2) is 59.6 Å². The summed E-state index contributed by atoms with van der Waals surface area (Å²) in [6, 6.07) is 17.2. The lowest BCUT2D eigenvalue weighted by Gasteiger charge is -2.22. The van der Waals surface area contributed by atoms with Gasteiger partial charge in [0, 0.05) is 20.6 Å². The van der Waals surface area contributed by atoms with Crippen LogP contribution in [0.5, 0.6) is 5.75 Å². The number of ether oxygens (including phenoxy) is 2. The van der Waals surface area contributed by atoms with E-state index < -0.39 is 0 Å². The van der Waals surface area contributed by atoms with Crippen molar-refractivity contribution in [2.24, 2.45) is 4.99 Å². The summed E-state index contributed by atoms with van der Waals surface area (Å²) >= 11 is 0. The Labute approximate surface area is 184 Å². The number of likely N-dealkylation sites (N-methyl/N-ethyl adjacent to an activating group) is 1. The molecule has 2 aromatic rings. The third-order valence-electron chi connectivity index (χ3n) is 4.08. The fraction of sp³-hybridized carbons (Fsp3) is 0.333. The van der Waals surface area contributed by atoms with Gasteiger partial charge in [0.25, 0.3) is 0 Å². The Balaban J connectivity index is 0.00000392. The second-order valence-electron chi connectivity index (χ2n) is 6.00. The summed E-state index contributed by atoms with van der Waals surface area (Å²) in [5, 5.41) is 3.34. The standard InChI is InChI=1S/C21H27N3O3.HI/c1-22-21(24(2)15-16-27-19-7-5-4-6-8-19)23-14-13-17-9-11-18(12-10-17)20(25)26-3;/h4-12H,13-16H2,1-3H3,(H,22,23);1H. The van der Waals surface area contributed by atoms with Gasteiger partial charge in [-0.15, -0.1) is 24.0 Å². The monoisotopic (exact) mass is 497 g/mol. The van der Waals surface area contributed by atoms with Crippen molar-refractivity contribution in [3.8, 4) is 5.75 Å². The SMILES string of the molecule is CN=C(NCCc1ccc(C(=O)OC)cc1)N(C)CCOc1ccccc1.I. The predicted molar refractivity (Wildman–Crippen MR) is 123 cm³/mol. The van der Waals surface area contributed by atoms with E-state index in [1.807, 2.05) is 54.4 Å². The number of guanidine groups is 1. The van der Waals surface area contributed by atoms with Gasteiger partial charge in [-0.3, -0.25) is 4.99 Å². The van der Waals surface area contributed by atoms with E-state index in [2.05, 4.69) is 10.3 Å². The molecule has 28 heavy (non-hydrogen) atoms. The molecule has 1 N–H and O–H groups in total. The van der Waals surface area contributed by atoms with Gasteiger partial charge in [-0.1, -0.05) is 30.3 Å². The molecule has 0 aromatic heterocycles. The van der Waals surface area contributed by atoms with Crippen molar-refractivity contribution in [2.45, 2.75) is 6.42 Å². The summed E-state index contributed by atoms with van der Waals surface area (Å²) in [5.74, 6) is 1.36. The molecule has 0 aliphatic carbocycles. The molecule has 0 atom stereocenters. The number of nitrogens with zero attached hydrogens (tertiary/aromatic N) is 2. The average Bonchev–Trinajstić information content (AvgIpc) is 2.71. The number of carbonyl (C=O) groups excluding carboxylic acids is 1. The molecule has 0 bridgehead atoms. The molecular formula is C21H28IN3O3. The molecule has 7 heteroatoms. The summed E-state index contributed by atoms with van der Waals surface area (Å²) in [5.41, 5.74) is 1.70. The molecule has 2 rings (SSSR count). The van der Waals surface area contributed by atoms with Gasteiger partial charge in [-0.05, 0) is 36.2 Å². The minimum absolute atomic E-state index is 0. The first-order valence-electron chi connectivity index (χ1n) is 8.91. The Morgan fingerprint density at radius 3 is 2.39 bits per heavy atom. The van der Waals surface area contributed by atoms with Gasteiger partial charge >= 0.3 is 5.97 Å². The normalized spacial score (nSPS) is 10.6. The van der Waals surface area contributed by atoms with Gasteiger partial charge in [0.15, 0.2) is 5.96 Å². The molecular weight excluding hydrogens is 469 g/mol. The lowest BCUT2D eigenvalue weighted by Crippen LogP contribution is -2.41. The van der Waals surface area contributed by atoms with Crippen LogP contribution < -0.4 is 10.1 Å². The van der Waals surface area contributed by atoms with Crippen LogP contribution in [0.3, 0.4) is 0 Å². The summed E-state index contributed by atoms with van der Waals surface area (Å²) < 4.78 is 10.4. The van der Waals surface area contributed by atoms with E-state index in [9.17, 15) is 4.79 Å². The third-order valence-corrected chi connectivity index (χ3v) is 4.08. The van der Waals surface area contributed by atoms with Crippen LogP contribution >= 0.6 is 24.0 Å². The number of para-hydroxylation sites is 1. The number of nitrogens with one attached hydrogen (secondary N) is 1. The van der Waals surface area contributed by atoms with Crippen molar-refractivity contribution in [2.75, 3.05) is 40.9 Å². The molecule has 0 aliphatic rings. The fourth-order valence-electron chi connectivity index (χ4n) is 2.55. The quantitative estimate of drug-likeness (QED) is 0.263. The van der Waals surface area contributed by atoms with Crippen LogP contribution in [-0.4, -0.2) is 57.7 Å². The van der Waals surface area contributed by atoms with Gasteiger partial charge in [0.1, 0.15) is 12.4 Å². The highest BCUT2D eigenvalue weighted by molar-refractivity contribution is 14.0. The fourth-order valence-corrected chi connectivity index (χ4v) is 2.55. The molecule has 0 fully saturated rings. The number of carbonyl (C=O) groups is 1. The Bertz CT molecular complexity index is 736. The maximum Gasteiger partial charge on any atom is 0.337 e. The summed E-state index contributed by atoms with van der Waals surface area (Å²) in [6.07, 6.45) is 0.828. The van der Waals surface area contributed by atoms with Crippen LogP contribution in [0.1, 0.15) is 15.9 Å². The van der Waals surface area contributed by atoms with Gasteiger partial charge in [0.2, 0.25) is 0 Å². The highest BCUT2D eigenvalue weighted by Crippen LogP contribution is 2.08. The van der Waals surface area contributed by atoms with Gasteiger partial charge < -0.3 is 19.7 Å². The van der Waals surface area contributed by atoms with Crippen molar-refractivity contribution >= 4 is 35.9 Å². The number of rotatable bonds is 8. The number of halogens is 1. The third kappa shape index (κ3) is 7.75. The van der Waals surface area contributed by atoms with Crippen LogP contribution in [0, 0.1) is 0 Å². The largest absolute Gasteiger partial charge is 0.492 e. The Hall–Kier alpha value is -2.29. The molecule has 0 spiro atoms. The number of benzene rings is 2. The zero-order valence-electron chi connectivity index (χ0n) is 16.6. The van der Waals surface area contributed by atoms with E-state index in [1.165, 1.54) is 7.11 Å². The van der Waals surface area contributed by atoms with E-state index in [4.69, 9.17) is 9.47 Å². The lowest BCUT2D eigenvalue weighted by atomic mass is 10.1. The first kappa shape index (κ1) is 23.7. The number of hydrogen-bond acceptors (Lipinski definition) is 4. The maximum absolute atomic E-state index is 11.5. The van der Waals surface area contributed by atoms with Crippen molar-refractivity contribution in [1.82, 2.24) is 10.2 Å². The minimum atomic E-state index is -0.320. The van der Waals surface area contributed by atoms with E-state index >= 15 is 0 Å². The minimum Gasteiger partial charge on any atom is -0.492 e. The summed E-state index contributed by atoms with van der Waals surface area (Å²) in [4.78, 5) is 17.8. The molecule has 0 heterocycles. The van der Waals surface area contributed by atoms with E-state index in [-0.39, 0.29) is 29.9 Å². The number of methoxy groups -OCH3 is 1. The first-order valence-corrected chi connectivity index (χ1v) is 8.91. The molecule has 152 valence electrons. The zero-order valence-corrected chi connectivity index (χ0v) is 18.9. The second kappa shape index (κ2) is 13.0. The molecule has 0 amide bonds. The molecule has 0 aliphatic heterocycles. The molecule has 0 saturated heterocycles. The first-order chi connectivity index (χ1) is 13.1. The molecule has 2 aromatic carbocycles. The Kier molecular flexibility index (Phi) is 11.0. The molecule has 0 unspecified atom stereocenters. The average molecular weight is 497 g/mol. The van der Waals surface area contributed by atoms with Crippen LogP contribution in [0.2, 0.25) is 0 Å². The highest BCUT2D eigenvalue weighted by atomic mass is 127. The van der Waals surface area contributed by atoms with E-state index in [0.29, 0.717) is 12.2 Å².